The van der Waals surface area contributed by atoms with Gasteiger partial charge in [-0.05, 0) is 58.4 Å². The van der Waals surface area contributed by atoms with Gasteiger partial charge in [-0.25, -0.2) is 13.2 Å². The molecule has 0 bridgehead atoms. The van der Waals surface area contributed by atoms with E-state index >= 15 is 0 Å². The summed E-state index contributed by atoms with van der Waals surface area (Å²) in [6.07, 6.45) is 0. The number of benzene rings is 3. The molecule has 0 radical (unpaired) electrons. The highest BCUT2D eigenvalue weighted by molar-refractivity contribution is 9.10. The van der Waals surface area contributed by atoms with Crippen LogP contribution in [0.2, 0.25) is 0 Å². The summed E-state index contributed by atoms with van der Waals surface area (Å²) in [4.78, 5) is 24.8. The SMILES string of the molecule is O=C(Oc1ccccc1Br)c1ccc2c(c1)S(=O)(=O)c1ccccc1C2=O. The van der Waals surface area contributed by atoms with Crippen LogP contribution >= 0.6 is 15.9 Å². The molecule has 1 aliphatic heterocycles. The first-order valence-electron chi connectivity index (χ1n) is 7.89. The normalized spacial score (nSPS) is 14.2. The molecule has 1 heterocycles. The average Bonchev–Trinajstić information content (AvgIpc) is 2.68. The number of fused-ring (bicyclic) bond motifs is 2. The Labute approximate surface area is 163 Å². The molecule has 27 heavy (non-hydrogen) atoms. The summed E-state index contributed by atoms with van der Waals surface area (Å²) in [5.41, 5.74) is 0.222. The molecule has 0 amide bonds. The molecule has 134 valence electrons. The van der Waals surface area contributed by atoms with Crippen LogP contribution in [0, 0.1) is 0 Å². The van der Waals surface area contributed by atoms with Crippen LogP contribution < -0.4 is 4.74 Å². The van der Waals surface area contributed by atoms with Crippen molar-refractivity contribution < 1.29 is 22.7 Å². The molecule has 0 N–H and O–H groups in total. The molecule has 0 aromatic heterocycles. The maximum absolute atomic E-state index is 12.9. The number of ketones is 1. The molecule has 5 nitrogen and oxygen atoms in total. The largest absolute Gasteiger partial charge is 0.422 e. The van der Waals surface area contributed by atoms with E-state index in [-0.39, 0.29) is 32.3 Å². The van der Waals surface area contributed by atoms with Gasteiger partial charge in [0.15, 0.2) is 5.78 Å². The number of ether oxygens (including phenoxy) is 1. The zero-order valence-corrected chi connectivity index (χ0v) is 16.1. The van der Waals surface area contributed by atoms with Gasteiger partial charge in [0.25, 0.3) is 0 Å². The second-order valence-electron chi connectivity index (χ2n) is 5.86. The molecule has 4 rings (SSSR count). The number of sulfone groups is 1. The number of halogens is 1. The maximum atomic E-state index is 12.9. The lowest BCUT2D eigenvalue weighted by Gasteiger charge is -2.19. The Bertz CT molecular complexity index is 1210. The lowest BCUT2D eigenvalue weighted by atomic mass is 10.0. The number of para-hydroxylation sites is 1. The highest BCUT2D eigenvalue weighted by atomic mass is 79.9. The van der Waals surface area contributed by atoms with Crippen molar-refractivity contribution in [2.45, 2.75) is 9.79 Å². The summed E-state index contributed by atoms with van der Waals surface area (Å²) in [5.74, 6) is -0.795. The van der Waals surface area contributed by atoms with Crippen molar-refractivity contribution in [2.24, 2.45) is 0 Å². The lowest BCUT2D eigenvalue weighted by molar-refractivity contribution is 0.0732. The molecule has 0 unspecified atom stereocenters. The van der Waals surface area contributed by atoms with Gasteiger partial charge in [-0.2, -0.15) is 0 Å². The Morgan fingerprint density at radius 3 is 2.30 bits per heavy atom. The fraction of sp³-hybridized carbons (Fsp3) is 0. The van der Waals surface area contributed by atoms with Gasteiger partial charge >= 0.3 is 5.97 Å². The van der Waals surface area contributed by atoms with Crippen molar-refractivity contribution in [1.82, 2.24) is 0 Å². The zero-order valence-electron chi connectivity index (χ0n) is 13.7. The van der Waals surface area contributed by atoms with Crippen molar-refractivity contribution in [1.29, 1.82) is 0 Å². The topological polar surface area (TPSA) is 77.5 Å². The van der Waals surface area contributed by atoms with E-state index in [0.717, 1.165) is 0 Å². The van der Waals surface area contributed by atoms with Crippen molar-refractivity contribution in [3.8, 4) is 5.75 Å². The van der Waals surface area contributed by atoms with Gasteiger partial charge in [0, 0.05) is 11.1 Å². The Hall–Kier alpha value is -2.77. The summed E-state index contributed by atoms with van der Waals surface area (Å²) in [6.45, 7) is 0. The number of carbonyl (C=O) groups is 2. The van der Waals surface area contributed by atoms with Crippen LogP contribution in [-0.2, 0) is 9.84 Å². The molecule has 1 aliphatic rings. The van der Waals surface area contributed by atoms with Gasteiger partial charge in [-0.15, -0.1) is 0 Å². The molecule has 3 aromatic rings. The highest BCUT2D eigenvalue weighted by Gasteiger charge is 2.35. The molecular formula is C20H11BrO5S. The van der Waals surface area contributed by atoms with E-state index in [4.69, 9.17) is 4.74 Å². The van der Waals surface area contributed by atoms with Gasteiger partial charge in [-0.3, -0.25) is 4.79 Å². The summed E-state index contributed by atoms with van der Waals surface area (Å²) >= 11 is 3.28. The second kappa shape index (κ2) is 6.44. The van der Waals surface area contributed by atoms with Crippen LogP contribution in [0.1, 0.15) is 26.3 Å². The Morgan fingerprint density at radius 2 is 1.52 bits per heavy atom. The number of hydrogen-bond acceptors (Lipinski definition) is 5. The minimum absolute atomic E-state index is 0.0419. The standard InChI is InChI=1S/C20H11BrO5S/c21-15-6-2-3-7-16(15)26-20(23)12-9-10-14-18(11-12)27(24,25)17-8-4-1-5-13(17)19(14)22/h1-11H. The van der Waals surface area contributed by atoms with E-state index in [0.29, 0.717) is 10.2 Å². The molecule has 0 fully saturated rings. The Kier molecular flexibility index (Phi) is 4.20. The summed E-state index contributed by atoms with van der Waals surface area (Å²) < 4.78 is 31.7. The third-order valence-corrected chi connectivity index (χ3v) is 6.72. The van der Waals surface area contributed by atoms with E-state index in [1.54, 1.807) is 36.4 Å². The minimum Gasteiger partial charge on any atom is -0.422 e. The van der Waals surface area contributed by atoms with Crippen molar-refractivity contribution in [2.75, 3.05) is 0 Å². The fourth-order valence-electron chi connectivity index (χ4n) is 2.90. The number of esters is 1. The predicted octanol–water partition coefficient (Wildman–Crippen LogP) is 4.05. The highest BCUT2D eigenvalue weighted by Crippen LogP contribution is 2.35. The third kappa shape index (κ3) is 2.89. The van der Waals surface area contributed by atoms with Gasteiger partial charge in [0.1, 0.15) is 5.75 Å². The van der Waals surface area contributed by atoms with Gasteiger partial charge < -0.3 is 4.74 Å². The van der Waals surface area contributed by atoms with E-state index in [1.807, 2.05) is 0 Å². The fourth-order valence-corrected chi connectivity index (χ4v) is 4.94. The smallest absolute Gasteiger partial charge is 0.343 e. The average molecular weight is 443 g/mol. The quantitative estimate of drug-likeness (QED) is 0.345. The molecular weight excluding hydrogens is 432 g/mol. The molecule has 0 spiro atoms. The van der Waals surface area contributed by atoms with Gasteiger partial charge in [-0.1, -0.05) is 24.3 Å². The van der Waals surface area contributed by atoms with Crippen molar-refractivity contribution in [3.05, 3.63) is 87.9 Å². The minimum atomic E-state index is -3.91. The Morgan fingerprint density at radius 1 is 0.852 bits per heavy atom. The number of carbonyl (C=O) groups excluding carboxylic acids is 2. The summed E-state index contributed by atoms with van der Waals surface area (Å²) in [5, 5.41) is 0. The number of hydrogen-bond donors (Lipinski definition) is 0. The van der Waals surface area contributed by atoms with Gasteiger partial charge in [0.2, 0.25) is 9.84 Å². The lowest BCUT2D eigenvalue weighted by Crippen LogP contribution is -2.21. The molecule has 0 saturated carbocycles. The van der Waals surface area contributed by atoms with Crippen LogP contribution in [-0.4, -0.2) is 20.2 Å². The van der Waals surface area contributed by atoms with Crippen molar-refractivity contribution in [3.63, 3.8) is 0 Å². The Balaban J connectivity index is 1.78. The maximum Gasteiger partial charge on any atom is 0.343 e. The van der Waals surface area contributed by atoms with E-state index in [9.17, 15) is 18.0 Å². The van der Waals surface area contributed by atoms with Crippen LogP contribution in [0.3, 0.4) is 0 Å². The first kappa shape index (κ1) is 17.6. The van der Waals surface area contributed by atoms with Crippen LogP contribution in [0.5, 0.6) is 5.75 Å². The van der Waals surface area contributed by atoms with Gasteiger partial charge in [0.05, 0.1) is 19.8 Å². The summed E-state index contributed by atoms with van der Waals surface area (Å²) in [6, 6.07) is 16.8. The van der Waals surface area contributed by atoms with Crippen LogP contribution in [0.25, 0.3) is 0 Å². The third-order valence-electron chi connectivity index (χ3n) is 4.21. The first-order valence-corrected chi connectivity index (χ1v) is 10.2. The zero-order chi connectivity index (χ0) is 19.2. The molecule has 0 aliphatic carbocycles. The second-order valence-corrected chi connectivity index (χ2v) is 8.60. The molecule has 7 heteroatoms. The molecule has 0 atom stereocenters. The monoisotopic (exact) mass is 442 g/mol. The predicted molar refractivity (Wildman–Crippen MR) is 101 cm³/mol. The van der Waals surface area contributed by atoms with E-state index in [2.05, 4.69) is 15.9 Å². The van der Waals surface area contributed by atoms with Crippen LogP contribution in [0.15, 0.2) is 81.0 Å². The molecule has 3 aromatic carbocycles. The van der Waals surface area contributed by atoms with Crippen LogP contribution in [0.4, 0.5) is 0 Å². The number of rotatable bonds is 2. The first-order chi connectivity index (χ1) is 12.9. The summed E-state index contributed by atoms with van der Waals surface area (Å²) in [7, 11) is -3.91. The van der Waals surface area contributed by atoms with E-state index in [1.165, 1.54) is 30.3 Å². The molecule has 0 saturated heterocycles. The van der Waals surface area contributed by atoms with Crippen molar-refractivity contribution >= 4 is 37.5 Å². The van der Waals surface area contributed by atoms with E-state index < -0.39 is 15.8 Å².